The summed E-state index contributed by atoms with van der Waals surface area (Å²) in [5.41, 5.74) is 6.99. The van der Waals surface area contributed by atoms with Crippen molar-refractivity contribution in [1.29, 1.82) is 0 Å². The predicted octanol–water partition coefficient (Wildman–Crippen LogP) is 3.31. The molecular formula is C18H17ClN4O3S. The number of pyridine rings is 2. The zero-order valence-corrected chi connectivity index (χ0v) is 16.2. The number of primary amides is 1. The van der Waals surface area contributed by atoms with E-state index in [4.69, 9.17) is 17.3 Å². The van der Waals surface area contributed by atoms with Crippen molar-refractivity contribution in [3.8, 4) is 0 Å². The van der Waals surface area contributed by atoms with Gasteiger partial charge in [0.25, 0.3) is 5.91 Å². The SMILES string of the molecule is CC(C)S(=O)(=O)c1ccc2ncc(C(N)=O)c(Nc3cncc(Cl)c3)c2c1. The van der Waals surface area contributed by atoms with Gasteiger partial charge >= 0.3 is 0 Å². The van der Waals surface area contributed by atoms with Crippen molar-refractivity contribution in [2.75, 3.05) is 5.32 Å². The number of halogens is 1. The molecule has 0 saturated heterocycles. The predicted molar refractivity (Wildman–Crippen MR) is 105 cm³/mol. The second-order valence-electron chi connectivity index (χ2n) is 6.20. The lowest BCUT2D eigenvalue weighted by atomic mass is 10.1. The first kappa shape index (κ1) is 19.1. The van der Waals surface area contributed by atoms with Gasteiger partial charge in [-0.05, 0) is 38.1 Å². The van der Waals surface area contributed by atoms with Gasteiger partial charge in [-0.25, -0.2) is 8.42 Å². The Balaban J connectivity index is 2.27. The Morgan fingerprint density at radius 2 is 1.93 bits per heavy atom. The number of anilines is 2. The number of nitrogens with zero attached hydrogens (tertiary/aromatic N) is 2. The first-order chi connectivity index (χ1) is 12.7. The number of hydrogen-bond donors (Lipinski definition) is 2. The number of rotatable bonds is 5. The molecule has 0 saturated carbocycles. The van der Waals surface area contributed by atoms with Crippen molar-refractivity contribution < 1.29 is 13.2 Å². The second kappa shape index (κ2) is 7.13. The van der Waals surface area contributed by atoms with Gasteiger partial charge < -0.3 is 11.1 Å². The minimum Gasteiger partial charge on any atom is -0.365 e. The highest BCUT2D eigenvalue weighted by Gasteiger charge is 2.21. The molecule has 0 fully saturated rings. The van der Waals surface area contributed by atoms with Gasteiger partial charge in [-0.2, -0.15) is 0 Å². The highest BCUT2D eigenvalue weighted by atomic mass is 35.5. The van der Waals surface area contributed by atoms with E-state index < -0.39 is 21.0 Å². The van der Waals surface area contributed by atoms with E-state index in [-0.39, 0.29) is 10.5 Å². The number of sulfone groups is 1. The van der Waals surface area contributed by atoms with Crippen LogP contribution in [0.3, 0.4) is 0 Å². The number of nitrogens with one attached hydrogen (secondary N) is 1. The van der Waals surface area contributed by atoms with Crippen LogP contribution in [0.2, 0.25) is 5.02 Å². The van der Waals surface area contributed by atoms with Crippen LogP contribution in [0.4, 0.5) is 11.4 Å². The summed E-state index contributed by atoms with van der Waals surface area (Å²) < 4.78 is 25.1. The molecule has 0 spiro atoms. The highest BCUT2D eigenvalue weighted by Crippen LogP contribution is 2.32. The summed E-state index contributed by atoms with van der Waals surface area (Å²) >= 11 is 5.97. The molecular weight excluding hydrogens is 388 g/mol. The Morgan fingerprint density at radius 3 is 2.56 bits per heavy atom. The second-order valence-corrected chi connectivity index (χ2v) is 9.14. The first-order valence-corrected chi connectivity index (χ1v) is 9.96. The summed E-state index contributed by atoms with van der Waals surface area (Å²) in [6.07, 6.45) is 4.35. The summed E-state index contributed by atoms with van der Waals surface area (Å²) in [4.78, 5) is 20.2. The average molecular weight is 405 g/mol. The lowest BCUT2D eigenvalue weighted by Gasteiger charge is -2.15. The fourth-order valence-corrected chi connectivity index (χ4v) is 3.82. The molecule has 140 valence electrons. The molecule has 0 bridgehead atoms. The maximum atomic E-state index is 12.5. The fraction of sp³-hybridized carbons (Fsp3) is 0.167. The molecule has 27 heavy (non-hydrogen) atoms. The molecule has 2 heterocycles. The fourth-order valence-electron chi connectivity index (χ4n) is 2.57. The molecule has 0 atom stereocenters. The van der Waals surface area contributed by atoms with Gasteiger partial charge in [0.2, 0.25) is 0 Å². The van der Waals surface area contributed by atoms with Gasteiger partial charge in [0.1, 0.15) is 0 Å². The minimum absolute atomic E-state index is 0.126. The molecule has 0 radical (unpaired) electrons. The Hall–Kier alpha value is -2.71. The normalized spacial score (nSPS) is 11.7. The van der Waals surface area contributed by atoms with Crippen LogP contribution in [-0.4, -0.2) is 29.5 Å². The smallest absolute Gasteiger partial charge is 0.252 e. The molecule has 3 aromatic rings. The molecule has 2 aromatic heterocycles. The maximum Gasteiger partial charge on any atom is 0.252 e. The maximum absolute atomic E-state index is 12.5. The van der Waals surface area contributed by atoms with Gasteiger partial charge in [-0.15, -0.1) is 0 Å². The van der Waals surface area contributed by atoms with Crippen LogP contribution in [0.25, 0.3) is 10.9 Å². The van der Waals surface area contributed by atoms with Gasteiger partial charge in [0, 0.05) is 17.8 Å². The monoisotopic (exact) mass is 404 g/mol. The van der Waals surface area contributed by atoms with Crippen LogP contribution < -0.4 is 11.1 Å². The van der Waals surface area contributed by atoms with Crippen LogP contribution in [0, 0.1) is 0 Å². The highest BCUT2D eigenvalue weighted by molar-refractivity contribution is 7.92. The molecule has 0 aliphatic carbocycles. The zero-order chi connectivity index (χ0) is 19.8. The number of nitrogens with two attached hydrogens (primary N) is 1. The van der Waals surface area contributed by atoms with E-state index in [0.29, 0.717) is 27.3 Å². The van der Waals surface area contributed by atoms with Crippen molar-refractivity contribution >= 4 is 49.6 Å². The van der Waals surface area contributed by atoms with Gasteiger partial charge in [-0.3, -0.25) is 14.8 Å². The molecule has 0 aliphatic rings. The van der Waals surface area contributed by atoms with Crippen molar-refractivity contribution in [2.45, 2.75) is 24.0 Å². The van der Waals surface area contributed by atoms with Crippen molar-refractivity contribution in [2.24, 2.45) is 5.73 Å². The number of amides is 1. The van der Waals surface area contributed by atoms with Crippen LogP contribution in [0.15, 0.2) is 47.8 Å². The van der Waals surface area contributed by atoms with Crippen LogP contribution in [0.5, 0.6) is 0 Å². The third kappa shape index (κ3) is 3.72. The van der Waals surface area contributed by atoms with Crippen molar-refractivity contribution in [3.05, 3.63) is 53.4 Å². The molecule has 1 aromatic carbocycles. The number of carbonyl (C=O) groups is 1. The van der Waals surface area contributed by atoms with E-state index in [1.165, 1.54) is 30.7 Å². The minimum atomic E-state index is -3.50. The van der Waals surface area contributed by atoms with E-state index >= 15 is 0 Å². The number of carbonyl (C=O) groups excluding carboxylic acids is 1. The molecule has 0 aliphatic heterocycles. The number of aromatic nitrogens is 2. The first-order valence-electron chi connectivity index (χ1n) is 8.04. The van der Waals surface area contributed by atoms with Crippen molar-refractivity contribution in [1.82, 2.24) is 9.97 Å². The number of hydrogen-bond acceptors (Lipinski definition) is 6. The van der Waals surface area contributed by atoms with Crippen molar-refractivity contribution in [3.63, 3.8) is 0 Å². The van der Waals surface area contributed by atoms with Gasteiger partial charge in [0.15, 0.2) is 9.84 Å². The number of benzene rings is 1. The topological polar surface area (TPSA) is 115 Å². The van der Waals surface area contributed by atoms with Gasteiger partial charge in [0.05, 0.1) is 43.8 Å². The number of fused-ring (bicyclic) bond motifs is 1. The van der Waals surface area contributed by atoms with E-state index in [0.717, 1.165) is 0 Å². The summed E-state index contributed by atoms with van der Waals surface area (Å²) in [5, 5.41) is 3.33. The van der Waals surface area contributed by atoms with E-state index in [1.54, 1.807) is 26.0 Å². The molecule has 0 unspecified atom stereocenters. The quantitative estimate of drug-likeness (QED) is 0.674. The Kier molecular flexibility index (Phi) is 5.03. The summed E-state index contributed by atoms with van der Waals surface area (Å²) in [7, 11) is -3.50. The van der Waals surface area contributed by atoms with E-state index in [9.17, 15) is 13.2 Å². The third-order valence-electron chi connectivity index (χ3n) is 4.03. The van der Waals surface area contributed by atoms with Crippen LogP contribution >= 0.6 is 11.6 Å². The van der Waals surface area contributed by atoms with E-state index in [1.807, 2.05) is 0 Å². The standard InChI is InChI=1S/C18H17ClN4O3S/c1-10(2)27(25,26)13-3-4-16-14(6-13)17(15(9-22-16)18(20)24)23-12-5-11(19)7-21-8-12/h3-10H,1-2H3,(H2,20,24)(H,22,23). The van der Waals surface area contributed by atoms with Crippen LogP contribution in [0.1, 0.15) is 24.2 Å². The Bertz CT molecular complexity index is 1150. The molecule has 7 nitrogen and oxygen atoms in total. The summed E-state index contributed by atoms with van der Waals surface area (Å²) in [6, 6.07) is 6.21. The average Bonchev–Trinajstić information content (AvgIpc) is 2.61. The molecule has 3 rings (SSSR count). The lowest BCUT2D eigenvalue weighted by Crippen LogP contribution is -2.15. The molecule has 3 N–H and O–H groups in total. The van der Waals surface area contributed by atoms with E-state index in [2.05, 4.69) is 15.3 Å². The largest absolute Gasteiger partial charge is 0.365 e. The third-order valence-corrected chi connectivity index (χ3v) is 6.39. The summed E-state index contributed by atoms with van der Waals surface area (Å²) in [5.74, 6) is -0.695. The Labute approximate surface area is 161 Å². The van der Waals surface area contributed by atoms with Gasteiger partial charge in [-0.1, -0.05) is 11.6 Å². The molecule has 9 heteroatoms. The lowest BCUT2D eigenvalue weighted by molar-refractivity contribution is 0.100. The zero-order valence-electron chi connectivity index (χ0n) is 14.6. The summed E-state index contributed by atoms with van der Waals surface area (Å²) in [6.45, 7) is 3.21. The van der Waals surface area contributed by atoms with Crippen LogP contribution in [-0.2, 0) is 9.84 Å². The Morgan fingerprint density at radius 1 is 1.19 bits per heavy atom. The molecule has 1 amide bonds.